The molecular formula is C19H25ClN2O6. The van der Waals surface area contributed by atoms with E-state index < -0.39 is 11.9 Å². The minimum atomic E-state index is -0.664. The maximum atomic E-state index is 12.5. The van der Waals surface area contributed by atoms with Gasteiger partial charge in [0.2, 0.25) is 5.91 Å². The van der Waals surface area contributed by atoms with E-state index in [1.165, 1.54) is 19.1 Å². The number of halogens is 1. The Balaban J connectivity index is 2.08. The first-order valence-corrected chi connectivity index (χ1v) is 9.40. The fourth-order valence-corrected chi connectivity index (χ4v) is 3.31. The molecule has 0 radical (unpaired) electrons. The van der Waals surface area contributed by atoms with Crippen molar-refractivity contribution in [2.75, 3.05) is 45.4 Å². The molecule has 1 aromatic rings. The lowest BCUT2D eigenvalue weighted by Crippen LogP contribution is -2.35. The number of esters is 1. The molecule has 1 aliphatic heterocycles. The van der Waals surface area contributed by atoms with E-state index in [1.807, 2.05) is 13.8 Å². The second-order valence-electron chi connectivity index (χ2n) is 6.24. The lowest BCUT2D eigenvalue weighted by atomic mass is 10.1. The molecular weight excluding hydrogens is 388 g/mol. The second-order valence-corrected chi connectivity index (χ2v) is 6.64. The van der Waals surface area contributed by atoms with Crippen LogP contribution >= 0.6 is 11.6 Å². The largest absolute Gasteiger partial charge is 0.495 e. The number of rotatable bonds is 8. The summed E-state index contributed by atoms with van der Waals surface area (Å²) in [5, 5.41) is 0.321. The van der Waals surface area contributed by atoms with Gasteiger partial charge in [-0.15, -0.1) is 0 Å². The summed E-state index contributed by atoms with van der Waals surface area (Å²) in [6.07, 6.45) is -0.00883. The Morgan fingerprint density at radius 1 is 1.18 bits per heavy atom. The highest BCUT2D eigenvalue weighted by molar-refractivity contribution is 6.32. The number of carbonyl (C=O) groups is 3. The molecule has 1 heterocycles. The summed E-state index contributed by atoms with van der Waals surface area (Å²) >= 11 is 6.17. The average Bonchev–Trinajstić information content (AvgIpc) is 3.08. The van der Waals surface area contributed by atoms with Crippen molar-refractivity contribution >= 4 is 35.1 Å². The molecule has 0 bridgehead atoms. The van der Waals surface area contributed by atoms with E-state index in [1.54, 1.807) is 17.0 Å². The lowest BCUT2D eigenvalue weighted by Gasteiger charge is -2.21. The molecule has 1 atom stereocenters. The SMILES string of the molecule is CCN(CC)C(=O)COC(=O)C1CC(=O)N(c2cc(Cl)c(OC)cc2OC)C1. The Morgan fingerprint density at radius 2 is 1.82 bits per heavy atom. The zero-order valence-electron chi connectivity index (χ0n) is 16.5. The fourth-order valence-electron chi connectivity index (χ4n) is 3.07. The zero-order valence-corrected chi connectivity index (χ0v) is 17.2. The summed E-state index contributed by atoms with van der Waals surface area (Å²) in [5.74, 6) is -0.933. The van der Waals surface area contributed by atoms with Crippen LogP contribution in [0.4, 0.5) is 5.69 Å². The molecule has 2 rings (SSSR count). The van der Waals surface area contributed by atoms with Gasteiger partial charge < -0.3 is 24.0 Å². The smallest absolute Gasteiger partial charge is 0.311 e. The second kappa shape index (κ2) is 9.64. The third-order valence-corrected chi connectivity index (χ3v) is 4.95. The molecule has 1 aromatic carbocycles. The molecule has 9 heteroatoms. The standard InChI is InChI=1S/C19H25ClN2O6/c1-5-21(6-2)18(24)11-28-19(25)12-7-17(23)22(10-12)14-8-13(20)15(26-3)9-16(14)27-4/h8-9,12H,5-7,10-11H2,1-4H3. The van der Waals surface area contributed by atoms with Crippen LogP contribution in [0.1, 0.15) is 20.3 Å². The molecule has 0 saturated carbocycles. The highest BCUT2D eigenvalue weighted by Crippen LogP contribution is 2.40. The highest BCUT2D eigenvalue weighted by atomic mass is 35.5. The summed E-state index contributed by atoms with van der Waals surface area (Å²) in [6, 6.07) is 3.15. The van der Waals surface area contributed by atoms with E-state index in [2.05, 4.69) is 0 Å². The molecule has 0 N–H and O–H groups in total. The first-order valence-electron chi connectivity index (χ1n) is 9.02. The zero-order chi connectivity index (χ0) is 20.8. The molecule has 1 aliphatic rings. The van der Waals surface area contributed by atoms with Crippen LogP contribution in [0.15, 0.2) is 12.1 Å². The van der Waals surface area contributed by atoms with Gasteiger partial charge in [-0.2, -0.15) is 0 Å². The van der Waals surface area contributed by atoms with E-state index in [-0.39, 0.29) is 31.4 Å². The van der Waals surface area contributed by atoms with Gasteiger partial charge in [-0.25, -0.2) is 0 Å². The van der Waals surface area contributed by atoms with Crippen LogP contribution in [-0.2, 0) is 19.1 Å². The number of anilines is 1. The first kappa shape index (κ1) is 21.8. The topological polar surface area (TPSA) is 85.4 Å². The van der Waals surface area contributed by atoms with Gasteiger partial charge in [0.15, 0.2) is 6.61 Å². The Labute approximate surface area is 169 Å². The van der Waals surface area contributed by atoms with Crippen LogP contribution in [0.2, 0.25) is 5.02 Å². The van der Waals surface area contributed by atoms with Crippen molar-refractivity contribution in [3.05, 3.63) is 17.2 Å². The van der Waals surface area contributed by atoms with Crippen LogP contribution in [0.25, 0.3) is 0 Å². The molecule has 2 amide bonds. The predicted molar refractivity (Wildman–Crippen MR) is 104 cm³/mol. The first-order chi connectivity index (χ1) is 13.4. The average molecular weight is 413 g/mol. The molecule has 1 unspecified atom stereocenters. The van der Waals surface area contributed by atoms with Crippen LogP contribution in [-0.4, -0.2) is 63.1 Å². The number of hydrogen-bond donors (Lipinski definition) is 0. The van der Waals surface area contributed by atoms with Gasteiger partial charge in [0.05, 0.1) is 30.8 Å². The van der Waals surface area contributed by atoms with Gasteiger partial charge in [-0.3, -0.25) is 14.4 Å². The minimum absolute atomic E-state index is 0.00883. The summed E-state index contributed by atoms with van der Waals surface area (Å²) in [5.41, 5.74) is 0.452. The van der Waals surface area contributed by atoms with Crippen molar-refractivity contribution < 1.29 is 28.6 Å². The third kappa shape index (κ3) is 4.67. The molecule has 0 aromatic heterocycles. The van der Waals surface area contributed by atoms with Crippen molar-refractivity contribution in [2.45, 2.75) is 20.3 Å². The number of hydrogen-bond acceptors (Lipinski definition) is 6. The Bertz CT molecular complexity index is 750. The lowest BCUT2D eigenvalue weighted by molar-refractivity contribution is -0.155. The number of likely N-dealkylation sites (N-methyl/N-ethyl adjacent to an activating group) is 1. The highest BCUT2D eigenvalue weighted by Gasteiger charge is 2.38. The van der Waals surface area contributed by atoms with Gasteiger partial charge >= 0.3 is 5.97 Å². The number of carbonyl (C=O) groups excluding carboxylic acids is 3. The van der Waals surface area contributed by atoms with Crippen LogP contribution in [0.3, 0.4) is 0 Å². The fraction of sp³-hybridized carbons (Fsp3) is 0.526. The normalized spacial score (nSPS) is 16.1. The summed E-state index contributed by atoms with van der Waals surface area (Å²) in [4.78, 5) is 39.8. The number of nitrogens with zero attached hydrogens (tertiary/aromatic N) is 2. The van der Waals surface area contributed by atoms with Gasteiger partial charge in [-0.05, 0) is 19.9 Å². The number of amides is 2. The van der Waals surface area contributed by atoms with Crippen LogP contribution in [0.5, 0.6) is 11.5 Å². The monoisotopic (exact) mass is 412 g/mol. The van der Waals surface area contributed by atoms with Crippen LogP contribution in [0, 0.1) is 5.92 Å². The molecule has 0 aliphatic carbocycles. The van der Waals surface area contributed by atoms with E-state index in [0.29, 0.717) is 35.3 Å². The van der Waals surface area contributed by atoms with Crippen molar-refractivity contribution in [3.8, 4) is 11.5 Å². The van der Waals surface area contributed by atoms with E-state index in [9.17, 15) is 14.4 Å². The van der Waals surface area contributed by atoms with Crippen molar-refractivity contribution in [3.63, 3.8) is 0 Å². The molecule has 1 fully saturated rings. The van der Waals surface area contributed by atoms with Crippen molar-refractivity contribution in [1.82, 2.24) is 4.90 Å². The number of ether oxygens (including phenoxy) is 3. The minimum Gasteiger partial charge on any atom is -0.495 e. The van der Waals surface area contributed by atoms with E-state index in [4.69, 9.17) is 25.8 Å². The number of methoxy groups -OCH3 is 2. The molecule has 154 valence electrons. The van der Waals surface area contributed by atoms with Gasteiger partial charge in [0.25, 0.3) is 5.91 Å². The molecule has 8 nitrogen and oxygen atoms in total. The van der Waals surface area contributed by atoms with Gasteiger partial charge in [0.1, 0.15) is 11.5 Å². The Morgan fingerprint density at radius 3 is 2.39 bits per heavy atom. The number of benzene rings is 1. The molecule has 1 saturated heterocycles. The summed E-state index contributed by atoms with van der Waals surface area (Å²) in [7, 11) is 2.95. The van der Waals surface area contributed by atoms with Gasteiger partial charge in [-0.1, -0.05) is 11.6 Å². The summed E-state index contributed by atoms with van der Waals surface area (Å²) < 4.78 is 15.6. The predicted octanol–water partition coefficient (Wildman–Crippen LogP) is 2.12. The third-order valence-electron chi connectivity index (χ3n) is 4.66. The maximum absolute atomic E-state index is 12.5. The molecule has 0 spiro atoms. The van der Waals surface area contributed by atoms with Crippen molar-refractivity contribution in [2.24, 2.45) is 5.92 Å². The quantitative estimate of drug-likeness (QED) is 0.608. The Kier molecular flexibility index (Phi) is 7.51. The summed E-state index contributed by atoms with van der Waals surface area (Å²) in [6.45, 7) is 4.58. The molecule has 28 heavy (non-hydrogen) atoms. The van der Waals surface area contributed by atoms with Crippen LogP contribution < -0.4 is 14.4 Å². The van der Waals surface area contributed by atoms with Gasteiger partial charge in [0, 0.05) is 32.1 Å². The van der Waals surface area contributed by atoms with Crippen molar-refractivity contribution in [1.29, 1.82) is 0 Å². The maximum Gasteiger partial charge on any atom is 0.311 e. The Hall–Kier alpha value is -2.48. The van der Waals surface area contributed by atoms with E-state index in [0.717, 1.165) is 0 Å². The van der Waals surface area contributed by atoms with E-state index >= 15 is 0 Å².